The van der Waals surface area contributed by atoms with Crippen molar-refractivity contribution in [3.05, 3.63) is 41.5 Å². The Bertz CT molecular complexity index is 747. The molecule has 0 bridgehead atoms. The zero-order chi connectivity index (χ0) is 17.4. The van der Waals surface area contributed by atoms with E-state index in [0.29, 0.717) is 5.56 Å². The van der Waals surface area contributed by atoms with E-state index in [1.807, 2.05) is 13.8 Å². The van der Waals surface area contributed by atoms with Gasteiger partial charge >= 0.3 is 0 Å². The molecule has 0 spiro atoms. The van der Waals surface area contributed by atoms with Crippen molar-refractivity contribution in [2.75, 3.05) is 0 Å². The van der Waals surface area contributed by atoms with Crippen LogP contribution in [0.3, 0.4) is 0 Å². The summed E-state index contributed by atoms with van der Waals surface area (Å²) in [7, 11) is -3.73. The third-order valence-electron chi connectivity index (χ3n) is 4.40. The minimum Gasteiger partial charge on any atom is -0.352 e. The molecule has 0 aliphatic heterocycles. The standard InChI is InChI=1S/C17H24N2O3S/c1-11(2)8-14-15(17(14,3)4)16(20)19-10-12-6-5-7-13(9-12)23(18,21)22/h5-9,14-15H,10H2,1-4H3,(H,19,20)(H2,18,21,22)/t14-,15+/m0/s1. The van der Waals surface area contributed by atoms with Gasteiger partial charge in [0, 0.05) is 6.54 Å². The van der Waals surface area contributed by atoms with Crippen LogP contribution >= 0.6 is 0 Å². The van der Waals surface area contributed by atoms with E-state index in [1.165, 1.54) is 17.7 Å². The zero-order valence-corrected chi connectivity index (χ0v) is 14.8. The van der Waals surface area contributed by atoms with E-state index in [1.54, 1.807) is 12.1 Å². The lowest BCUT2D eigenvalue weighted by Gasteiger charge is -2.07. The van der Waals surface area contributed by atoms with Gasteiger partial charge < -0.3 is 5.32 Å². The van der Waals surface area contributed by atoms with E-state index >= 15 is 0 Å². The highest BCUT2D eigenvalue weighted by atomic mass is 32.2. The summed E-state index contributed by atoms with van der Waals surface area (Å²) in [6.45, 7) is 8.52. The van der Waals surface area contributed by atoms with Crippen molar-refractivity contribution in [2.24, 2.45) is 22.4 Å². The molecule has 23 heavy (non-hydrogen) atoms. The second-order valence-corrected chi connectivity index (χ2v) is 8.54. The molecule has 0 heterocycles. The molecule has 0 aromatic heterocycles. The predicted molar refractivity (Wildman–Crippen MR) is 89.9 cm³/mol. The van der Waals surface area contributed by atoms with E-state index in [-0.39, 0.29) is 34.6 Å². The molecule has 1 aliphatic carbocycles. The van der Waals surface area contributed by atoms with E-state index < -0.39 is 10.0 Å². The summed E-state index contributed by atoms with van der Waals surface area (Å²) in [6, 6.07) is 6.31. The highest BCUT2D eigenvalue weighted by Gasteiger charge is 2.60. The summed E-state index contributed by atoms with van der Waals surface area (Å²) in [5.74, 6) is 0.209. The molecule has 2 atom stereocenters. The van der Waals surface area contributed by atoms with Gasteiger partial charge in [-0.15, -0.1) is 0 Å². The monoisotopic (exact) mass is 336 g/mol. The molecule has 5 nitrogen and oxygen atoms in total. The zero-order valence-electron chi connectivity index (χ0n) is 14.0. The first-order chi connectivity index (χ1) is 10.5. The van der Waals surface area contributed by atoms with E-state index in [2.05, 4.69) is 25.2 Å². The van der Waals surface area contributed by atoms with Crippen molar-refractivity contribution in [2.45, 2.75) is 39.1 Å². The Morgan fingerprint density at radius 3 is 2.57 bits per heavy atom. The Labute approximate surface area is 138 Å². The number of amides is 1. The molecule has 1 aromatic rings. The summed E-state index contributed by atoms with van der Waals surface area (Å²) >= 11 is 0. The number of allylic oxidation sites excluding steroid dienone is 2. The molecule has 126 valence electrons. The van der Waals surface area contributed by atoms with E-state index in [0.717, 1.165) is 0 Å². The fourth-order valence-corrected chi connectivity index (χ4v) is 3.56. The molecule has 6 heteroatoms. The highest BCUT2D eigenvalue weighted by molar-refractivity contribution is 7.89. The molecule has 1 fully saturated rings. The minimum absolute atomic E-state index is 0.00138. The van der Waals surface area contributed by atoms with Gasteiger partial charge in [-0.3, -0.25) is 4.79 Å². The van der Waals surface area contributed by atoms with Gasteiger partial charge in [0.05, 0.1) is 10.8 Å². The number of carbonyl (C=O) groups is 1. The molecular formula is C17H24N2O3S. The maximum absolute atomic E-state index is 12.4. The van der Waals surface area contributed by atoms with Crippen LogP contribution in [-0.2, 0) is 21.4 Å². The van der Waals surface area contributed by atoms with Crippen LogP contribution in [0.2, 0.25) is 0 Å². The van der Waals surface area contributed by atoms with Gasteiger partial charge in [-0.05, 0) is 42.9 Å². The van der Waals surface area contributed by atoms with E-state index in [4.69, 9.17) is 5.14 Å². The Morgan fingerprint density at radius 1 is 1.35 bits per heavy atom. The third kappa shape index (κ3) is 4.00. The van der Waals surface area contributed by atoms with Gasteiger partial charge in [0.2, 0.25) is 15.9 Å². The molecule has 1 aliphatic rings. The first kappa shape index (κ1) is 17.7. The Balaban J connectivity index is 2.02. The van der Waals surface area contributed by atoms with Gasteiger partial charge in [0.1, 0.15) is 0 Å². The molecule has 0 radical (unpaired) electrons. The molecule has 3 N–H and O–H groups in total. The van der Waals surface area contributed by atoms with Crippen LogP contribution in [0.25, 0.3) is 0 Å². The van der Waals surface area contributed by atoms with Crippen LogP contribution in [0, 0.1) is 17.3 Å². The lowest BCUT2D eigenvalue weighted by Crippen LogP contribution is -2.26. The summed E-state index contributed by atoms with van der Waals surface area (Å²) in [4.78, 5) is 12.4. The summed E-state index contributed by atoms with van der Waals surface area (Å²) in [6.07, 6.45) is 2.14. The van der Waals surface area contributed by atoms with E-state index in [9.17, 15) is 13.2 Å². The summed E-state index contributed by atoms with van der Waals surface area (Å²) in [5.41, 5.74) is 1.88. The maximum atomic E-state index is 12.4. The van der Waals surface area contributed by atoms with Crippen molar-refractivity contribution >= 4 is 15.9 Å². The van der Waals surface area contributed by atoms with Crippen molar-refractivity contribution < 1.29 is 13.2 Å². The number of benzene rings is 1. The van der Waals surface area contributed by atoms with Crippen LogP contribution in [0.5, 0.6) is 0 Å². The number of hydrogen-bond donors (Lipinski definition) is 2. The summed E-state index contributed by atoms with van der Waals surface area (Å²) < 4.78 is 22.7. The lowest BCUT2D eigenvalue weighted by molar-refractivity contribution is -0.123. The largest absolute Gasteiger partial charge is 0.352 e. The number of nitrogens with two attached hydrogens (primary N) is 1. The maximum Gasteiger partial charge on any atom is 0.238 e. The number of sulfonamides is 1. The Morgan fingerprint density at radius 2 is 2.00 bits per heavy atom. The Hall–Kier alpha value is -1.66. The van der Waals surface area contributed by atoms with Crippen LogP contribution in [0.15, 0.2) is 40.8 Å². The second-order valence-electron chi connectivity index (χ2n) is 6.98. The first-order valence-corrected chi connectivity index (χ1v) is 9.12. The second kappa shape index (κ2) is 6.09. The quantitative estimate of drug-likeness (QED) is 0.808. The average molecular weight is 336 g/mol. The Kier molecular flexibility index (Phi) is 4.69. The molecular weight excluding hydrogens is 312 g/mol. The number of carbonyl (C=O) groups excluding carboxylic acids is 1. The van der Waals surface area contributed by atoms with Crippen molar-refractivity contribution in [1.82, 2.24) is 5.32 Å². The van der Waals surface area contributed by atoms with Crippen molar-refractivity contribution in [3.63, 3.8) is 0 Å². The van der Waals surface area contributed by atoms with Crippen molar-refractivity contribution in [1.29, 1.82) is 0 Å². The smallest absolute Gasteiger partial charge is 0.238 e. The van der Waals surface area contributed by atoms with Gasteiger partial charge in [-0.1, -0.05) is 37.6 Å². The molecule has 1 saturated carbocycles. The topological polar surface area (TPSA) is 89.3 Å². The molecule has 2 rings (SSSR count). The molecule has 1 aromatic carbocycles. The minimum atomic E-state index is -3.73. The number of rotatable bonds is 5. The predicted octanol–water partition coefficient (Wildman–Crippen LogP) is 2.19. The number of primary sulfonamides is 1. The van der Waals surface area contributed by atoms with Crippen LogP contribution < -0.4 is 10.5 Å². The molecule has 1 amide bonds. The van der Waals surface area contributed by atoms with Crippen LogP contribution in [-0.4, -0.2) is 14.3 Å². The average Bonchev–Trinajstić information content (AvgIpc) is 2.96. The molecule has 0 unspecified atom stereocenters. The lowest BCUT2D eigenvalue weighted by atomic mass is 10.1. The van der Waals surface area contributed by atoms with Crippen molar-refractivity contribution in [3.8, 4) is 0 Å². The van der Waals surface area contributed by atoms with Crippen LogP contribution in [0.1, 0.15) is 33.3 Å². The van der Waals surface area contributed by atoms with Gasteiger partial charge in [-0.2, -0.15) is 0 Å². The van der Waals surface area contributed by atoms with Crippen LogP contribution in [0.4, 0.5) is 0 Å². The number of nitrogens with one attached hydrogen (secondary N) is 1. The SMILES string of the molecule is CC(C)=C[C@H]1[C@H](C(=O)NCc2cccc(S(N)(=O)=O)c2)C1(C)C. The highest BCUT2D eigenvalue weighted by Crippen LogP contribution is 2.59. The fourth-order valence-electron chi connectivity index (χ4n) is 2.98. The van der Waals surface area contributed by atoms with Gasteiger partial charge in [-0.25, -0.2) is 13.6 Å². The third-order valence-corrected chi connectivity index (χ3v) is 5.31. The number of hydrogen-bond acceptors (Lipinski definition) is 3. The molecule has 0 saturated heterocycles. The summed E-state index contributed by atoms with van der Waals surface area (Å²) in [5, 5.41) is 8.01. The van der Waals surface area contributed by atoms with Gasteiger partial charge in [0.25, 0.3) is 0 Å². The normalized spacial score (nSPS) is 22.3. The first-order valence-electron chi connectivity index (χ1n) is 7.58. The van der Waals surface area contributed by atoms with Gasteiger partial charge in [0.15, 0.2) is 0 Å². The fraction of sp³-hybridized carbons (Fsp3) is 0.471.